The van der Waals surface area contributed by atoms with E-state index in [9.17, 15) is 9.90 Å². The number of hydrogen-bond acceptors (Lipinski definition) is 2. The molecule has 0 bridgehead atoms. The molecule has 1 aromatic rings. The smallest absolute Gasteiger partial charge is 0.322 e. The van der Waals surface area contributed by atoms with Crippen molar-refractivity contribution < 1.29 is 9.90 Å². The van der Waals surface area contributed by atoms with Crippen molar-refractivity contribution in [2.24, 2.45) is 0 Å². The molecule has 1 unspecified atom stereocenters. The Morgan fingerprint density at radius 3 is 2.94 bits per heavy atom. The normalized spacial score (nSPS) is 19.6. The van der Waals surface area contributed by atoms with Gasteiger partial charge in [-0.15, -0.1) is 0 Å². The zero-order chi connectivity index (χ0) is 13.0. The van der Waals surface area contributed by atoms with Crippen LogP contribution >= 0.6 is 0 Å². The molecule has 1 saturated heterocycles. The summed E-state index contributed by atoms with van der Waals surface area (Å²) in [5.74, 6) is 0.107. The van der Waals surface area contributed by atoms with Crippen molar-refractivity contribution in [3.05, 3.63) is 24.3 Å². The van der Waals surface area contributed by atoms with E-state index in [0.29, 0.717) is 11.7 Å². The van der Waals surface area contributed by atoms with Crippen molar-refractivity contribution in [3.8, 4) is 5.75 Å². The van der Waals surface area contributed by atoms with Crippen molar-refractivity contribution in [2.45, 2.75) is 38.6 Å². The number of aromatic hydroxyl groups is 1. The molecule has 1 aromatic carbocycles. The Balaban J connectivity index is 2.05. The molecule has 1 heterocycles. The molecule has 2 rings (SSSR count). The quantitative estimate of drug-likeness (QED) is 0.790. The summed E-state index contributed by atoms with van der Waals surface area (Å²) in [6.45, 7) is 2.91. The molecule has 0 aliphatic carbocycles. The van der Waals surface area contributed by atoms with Crippen LogP contribution in [-0.2, 0) is 0 Å². The van der Waals surface area contributed by atoms with E-state index in [-0.39, 0.29) is 11.8 Å². The number of nitrogens with one attached hydrogen (secondary N) is 1. The van der Waals surface area contributed by atoms with Gasteiger partial charge in [-0.3, -0.25) is 0 Å². The Bertz CT molecular complexity index is 420. The van der Waals surface area contributed by atoms with E-state index < -0.39 is 0 Å². The summed E-state index contributed by atoms with van der Waals surface area (Å²) in [6.07, 6.45) is 4.31. The minimum absolute atomic E-state index is 0.107. The van der Waals surface area contributed by atoms with Crippen molar-refractivity contribution in [1.82, 2.24) is 4.90 Å². The molecule has 1 fully saturated rings. The van der Waals surface area contributed by atoms with Crippen LogP contribution in [0.4, 0.5) is 10.5 Å². The number of likely N-dealkylation sites (tertiary alicyclic amines) is 1. The van der Waals surface area contributed by atoms with Gasteiger partial charge in [-0.05, 0) is 37.8 Å². The maximum atomic E-state index is 12.2. The van der Waals surface area contributed by atoms with Gasteiger partial charge in [-0.1, -0.05) is 19.1 Å². The number of phenols is 1. The van der Waals surface area contributed by atoms with Crippen LogP contribution in [0.3, 0.4) is 0 Å². The zero-order valence-electron chi connectivity index (χ0n) is 10.7. The first-order chi connectivity index (χ1) is 8.72. The predicted octanol–water partition coefficient (Wildman–Crippen LogP) is 3.19. The second-order valence-electron chi connectivity index (χ2n) is 4.70. The molecular weight excluding hydrogens is 228 g/mol. The number of benzene rings is 1. The molecule has 4 heteroatoms. The monoisotopic (exact) mass is 248 g/mol. The molecule has 0 radical (unpaired) electrons. The van der Waals surface area contributed by atoms with E-state index >= 15 is 0 Å². The minimum atomic E-state index is -0.108. The molecular formula is C14H20N2O2. The highest BCUT2D eigenvalue weighted by atomic mass is 16.3. The topological polar surface area (TPSA) is 52.6 Å². The molecule has 1 aliphatic heterocycles. The Kier molecular flexibility index (Phi) is 4.07. The van der Waals surface area contributed by atoms with Crippen LogP contribution in [0.2, 0.25) is 0 Å². The third-order valence-corrected chi connectivity index (χ3v) is 3.50. The van der Waals surface area contributed by atoms with Gasteiger partial charge in [-0.25, -0.2) is 4.79 Å². The number of piperidine rings is 1. The molecule has 1 aliphatic rings. The lowest BCUT2D eigenvalue weighted by atomic mass is 10.0. The summed E-state index contributed by atoms with van der Waals surface area (Å²) in [5, 5.41) is 12.4. The number of carbonyl (C=O) groups is 1. The third-order valence-electron chi connectivity index (χ3n) is 3.50. The van der Waals surface area contributed by atoms with Crippen LogP contribution in [0.15, 0.2) is 24.3 Å². The Morgan fingerprint density at radius 1 is 1.44 bits per heavy atom. The number of nitrogens with zero attached hydrogens (tertiary/aromatic N) is 1. The summed E-state index contributed by atoms with van der Waals surface area (Å²) < 4.78 is 0. The standard InChI is InChI=1S/C14H20N2O2/c1-2-11-7-5-6-10-16(11)14(18)15-12-8-3-4-9-13(12)17/h3-4,8-9,11,17H,2,5-7,10H2,1H3,(H,15,18). The average Bonchev–Trinajstić information content (AvgIpc) is 2.41. The first-order valence-corrected chi connectivity index (χ1v) is 6.58. The first-order valence-electron chi connectivity index (χ1n) is 6.58. The van der Waals surface area contributed by atoms with E-state index in [4.69, 9.17) is 0 Å². The number of amides is 2. The summed E-state index contributed by atoms with van der Waals surface area (Å²) in [4.78, 5) is 14.1. The van der Waals surface area contributed by atoms with E-state index in [1.807, 2.05) is 4.90 Å². The van der Waals surface area contributed by atoms with Crippen LogP contribution < -0.4 is 5.32 Å². The number of urea groups is 1. The Labute approximate surface area is 108 Å². The van der Waals surface area contributed by atoms with Crippen molar-refractivity contribution in [3.63, 3.8) is 0 Å². The van der Waals surface area contributed by atoms with Crippen LogP contribution in [0.25, 0.3) is 0 Å². The SMILES string of the molecule is CCC1CCCCN1C(=O)Nc1ccccc1O. The average molecular weight is 248 g/mol. The molecule has 18 heavy (non-hydrogen) atoms. The fraction of sp³-hybridized carbons (Fsp3) is 0.500. The number of hydrogen-bond donors (Lipinski definition) is 2. The fourth-order valence-corrected chi connectivity index (χ4v) is 2.46. The van der Waals surface area contributed by atoms with E-state index in [2.05, 4.69) is 12.2 Å². The van der Waals surface area contributed by atoms with Crippen molar-refractivity contribution in [1.29, 1.82) is 0 Å². The maximum Gasteiger partial charge on any atom is 0.322 e. The van der Waals surface area contributed by atoms with E-state index in [1.165, 1.54) is 6.42 Å². The molecule has 0 saturated carbocycles. The Morgan fingerprint density at radius 2 is 2.22 bits per heavy atom. The van der Waals surface area contributed by atoms with Crippen LogP contribution in [0.5, 0.6) is 5.75 Å². The fourth-order valence-electron chi connectivity index (χ4n) is 2.46. The van der Waals surface area contributed by atoms with Gasteiger partial charge in [0, 0.05) is 12.6 Å². The second kappa shape index (κ2) is 5.76. The summed E-state index contributed by atoms with van der Waals surface area (Å²) in [7, 11) is 0. The summed E-state index contributed by atoms with van der Waals surface area (Å²) in [5.41, 5.74) is 0.475. The van der Waals surface area contributed by atoms with Gasteiger partial charge in [0.15, 0.2) is 0 Å². The van der Waals surface area contributed by atoms with Crippen molar-refractivity contribution >= 4 is 11.7 Å². The second-order valence-corrected chi connectivity index (χ2v) is 4.70. The summed E-state index contributed by atoms with van der Waals surface area (Å²) in [6, 6.07) is 7.03. The van der Waals surface area contributed by atoms with Crippen molar-refractivity contribution in [2.75, 3.05) is 11.9 Å². The lowest BCUT2D eigenvalue weighted by molar-refractivity contribution is 0.160. The number of para-hydroxylation sites is 2. The highest BCUT2D eigenvalue weighted by Crippen LogP contribution is 2.24. The largest absolute Gasteiger partial charge is 0.506 e. The van der Waals surface area contributed by atoms with Gasteiger partial charge < -0.3 is 15.3 Å². The molecule has 2 amide bonds. The van der Waals surface area contributed by atoms with Gasteiger partial charge in [-0.2, -0.15) is 0 Å². The number of phenolic OH excluding ortho intramolecular Hbond substituents is 1. The van der Waals surface area contributed by atoms with E-state index in [1.54, 1.807) is 24.3 Å². The molecule has 0 spiro atoms. The minimum Gasteiger partial charge on any atom is -0.506 e. The molecule has 4 nitrogen and oxygen atoms in total. The van der Waals surface area contributed by atoms with Gasteiger partial charge in [0.05, 0.1) is 5.69 Å². The number of carbonyl (C=O) groups excluding carboxylic acids is 1. The van der Waals surface area contributed by atoms with Crippen LogP contribution in [0, 0.1) is 0 Å². The highest BCUT2D eigenvalue weighted by molar-refractivity contribution is 5.91. The van der Waals surface area contributed by atoms with Gasteiger partial charge in [0.2, 0.25) is 0 Å². The molecule has 2 N–H and O–H groups in total. The maximum absolute atomic E-state index is 12.2. The van der Waals surface area contributed by atoms with Gasteiger partial charge in [0.25, 0.3) is 0 Å². The first kappa shape index (κ1) is 12.7. The molecule has 98 valence electrons. The Hall–Kier alpha value is -1.71. The lowest BCUT2D eigenvalue weighted by Gasteiger charge is -2.35. The van der Waals surface area contributed by atoms with Crippen LogP contribution in [-0.4, -0.2) is 28.6 Å². The predicted molar refractivity (Wildman–Crippen MR) is 71.8 cm³/mol. The number of anilines is 1. The highest BCUT2D eigenvalue weighted by Gasteiger charge is 2.25. The van der Waals surface area contributed by atoms with Gasteiger partial charge in [0.1, 0.15) is 5.75 Å². The third kappa shape index (κ3) is 2.75. The lowest BCUT2D eigenvalue weighted by Crippen LogP contribution is -2.45. The number of rotatable bonds is 2. The molecule has 0 aromatic heterocycles. The zero-order valence-corrected chi connectivity index (χ0v) is 10.7. The summed E-state index contributed by atoms with van der Waals surface area (Å²) >= 11 is 0. The molecule has 1 atom stereocenters. The van der Waals surface area contributed by atoms with Gasteiger partial charge >= 0.3 is 6.03 Å². The van der Waals surface area contributed by atoms with Crippen LogP contribution in [0.1, 0.15) is 32.6 Å². The van der Waals surface area contributed by atoms with E-state index in [0.717, 1.165) is 25.8 Å².